The lowest BCUT2D eigenvalue weighted by molar-refractivity contribution is -0.103. The third kappa shape index (κ3) is 3.46. The molecule has 0 amide bonds. The number of rotatable bonds is 7. The van der Waals surface area contributed by atoms with Gasteiger partial charge in [0.2, 0.25) is 0 Å². The van der Waals surface area contributed by atoms with E-state index in [-0.39, 0.29) is 0 Å². The zero-order valence-electron chi connectivity index (χ0n) is 21.8. The summed E-state index contributed by atoms with van der Waals surface area (Å²) >= 11 is 0. The molecule has 0 atom stereocenters. The van der Waals surface area contributed by atoms with Crippen molar-refractivity contribution in [3.8, 4) is 33.8 Å². The van der Waals surface area contributed by atoms with E-state index < -0.39 is 0 Å². The molecule has 2 nitrogen and oxygen atoms in total. The highest BCUT2D eigenvalue weighted by Crippen LogP contribution is 2.47. The maximum Gasteiger partial charge on any atom is 0.186 e. The molecule has 0 saturated heterocycles. The smallest absolute Gasteiger partial charge is 0.186 e. The van der Waals surface area contributed by atoms with Gasteiger partial charge in [-0.15, -0.1) is 0 Å². The van der Waals surface area contributed by atoms with Gasteiger partial charge in [0.25, 0.3) is 0 Å². The second-order valence-corrected chi connectivity index (χ2v) is 9.99. The van der Waals surface area contributed by atoms with Crippen molar-refractivity contribution in [1.82, 2.24) is 0 Å². The Kier molecular flexibility index (Phi) is 5.84. The van der Waals surface area contributed by atoms with Gasteiger partial charge in [0, 0.05) is 35.1 Å². The van der Waals surface area contributed by atoms with Crippen molar-refractivity contribution in [3.05, 3.63) is 105 Å². The van der Waals surface area contributed by atoms with Gasteiger partial charge in [0.1, 0.15) is 0 Å². The molecule has 0 fully saturated rings. The summed E-state index contributed by atoms with van der Waals surface area (Å²) in [4.78, 5) is 13.0. The van der Waals surface area contributed by atoms with Crippen LogP contribution in [-0.4, -0.2) is 0 Å². The van der Waals surface area contributed by atoms with Crippen LogP contribution in [0.25, 0.3) is 22.3 Å². The lowest BCUT2D eigenvalue weighted by atomic mass is 9.93. The molecule has 0 radical (unpaired) electrons. The van der Waals surface area contributed by atoms with E-state index in [1.54, 1.807) is 0 Å². The molecule has 0 aromatic heterocycles. The molecule has 0 unspecified atom stereocenters. The fourth-order valence-corrected chi connectivity index (χ4v) is 6.38. The Balaban J connectivity index is 1.47. The van der Waals surface area contributed by atoms with Crippen LogP contribution in [0.2, 0.25) is 0 Å². The van der Waals surface area contributed by atoms with E-state index in [0.29, 0.717) is 0 Å². The predicted octanol–water partition coefficient (Wildman–Crippen LogP) is 8.45. The minimum absolute atomic E-state index is 0.889. The summed E-state index contributed by atoms with van der Waals surface area (Å²) in [5.74, 6) is 1.85. The molecular weight excluding hydrogens is 440 g/mol. The Labute approximate surface area is 214 Å². The molecule has 0 N–H and O–H groups in total. The molecule has 4 aromatic carbocycles. The van der Waals surface area contributed by atoms with Crippen LogP contribution in [0.4, 0.5) is 0 Å². The van der Waals surface area contributed by atoms with Crippen LogP contribution in [0.15, 0.2) is 60.7 Å². The summed E-state index contributed by atoms with van der Waals surface area (Å²) in [5.41, 5.74) is 15.7. The Morgan fingerprint density at radius 3 is 1.33 bits per heavy atom. The Morgan fingerprint density at radius 1 is 0.528 bits per heavy atom. The fraction of sp³-hybridized carbons (Fsp3) is 0.294. The maximum absolute atomic E-state index is 6.50. The van der Waals surface area contributed by atoms with Gasteiger partial charge < -0.3 is 0 Å². The average molecular weight is 475 g/mol. The first kappa shape index (κ1) is 22.9. The average Bonchev–Trinajstić information content (AvgIpc) is 3.48. The first-order valence-electron chi connectivity index (χ1n) is 13.5. The molecule has 0 bridgehead atoms. The summed E-state index contributed by atoms with van der Waals surface area (Å²) < 4.78 is 0. The Bertz CT molecular complexity index is 1360. The quantitative estimate of drug-likeness (QED) is 0.171. The minimum atomic E-state index is 0.889. The number of hydrogen-bond acceptors (Lipinski definition) is 2. The first-order valence-corrected chi connectivity index (χ1v) is 13.5. The van der Waals surface area contributed by atoms with E-state index in [2.05, 4.69) is 88.4 Å². The molecule has 36 heavy (non-hydrogen) atoms. The second-order valence-electron chi connectivity index (χ2n) is 9.99. The van der Waals surface area contributed by atoms with Gasteiger partial charge in [-0.3, -0.25) is 9.78 Å². The van der Waals surface area contributed by atoms with Gasteiger partial charge in [-0.05, 0) is 70.2 Å². The van der Waals surface area contributed by atoms with Crippen molar-refractivity contribution in [2.45, 2.75) is 66.2 Å². The minimum Gasteiger partial charge on any atom is -0.289 e. The van der Waals surface area contributed by atoms with Crippen molar-refractivity contribution in [1.29, 1.82) is 0 Å². The summed E-state index contributed by atoms with van der Waals surface area (Å²) in [6.07, 6.45) is 5.58. The highest BCUT2D eigenvalue weighted by molar-refractivity contribution is 5.82. The molecular formula is C34H34O2. The van der Waals surface area contributed by atoms with Gasteiger partial charge in [0.15, 0.2) is 11.5 Å². The van der Waals surface area contributed by atoms with Crippen molar-refractivity contribution in [2.24, 2.45) is 0 Å². The van der Waals surface area contributed by atoms with Crippen LogP contribution in [0.3, 0.4) is 0 Å². The maximum atomic E-state index is 6.50. The predicted molar refractivity (Wildman–Crippen MR) is 148 cm³/mol. The largest absolute Gasteiger partial charge is 0.289 e. The molecule has 182 valence electrons. The van der Waals surface area contributed by atoms with Crippen LogP contribution in [0.5, 0.6) is 11.5 Å². The van der Waals surface area contributed by atoms with Gasteiger partial charge in [-0.25, -0.2) is 0 Å². The molecule has 2 heteroatoms. The molecule has 0 heterocycles. The third-order valence-corrected chi connectivity index (χ3v) is 8.19. The van der Waals surface area contributed by atoms with Gasteiger partial charge in [0.05, 0.1) is 0 Å². The van der Waals surface area contributed by atoms with Crippen LogP contribution in [0.1, 0.15) is 72.2 Å². The van der Waals surface area contributed by atoms with Gasteiger partial charge in [-0.2, -0.15) is 0 Å². The van der Waals surface area contributed by atoms with Crippen LogP contribution >= 0.6 is 0 Å². The van der Waals surface area contributed by atoms with E-state index >= 15 is 0 Å². The van der Waals surface area contributed by atoms with Crippen LogP contribution < -0.4 is 9.78 Å². The summed E-state index contributed by atoms with van der Waals surface area (Å²) in [6.45, 7) is 8.91. The lowest BCUT2D eigenvalue weighted by Crippen LogP contribution is -2.11. The highest BCUT2D eigenvalue weighted by Gasteiger charge is 2.29. The first-order chi connectivity index (χ1) is 17.7. The number of aryl methyl sites for hydroxylation is 2. The number of hydrogen-bond donors (Lipinski definition) is 0. The SMILES string of the molecule is CCc1cc2c(c(OOc3c(CC)c(CC)cc4c3Cc3ccccc3-4)c1CC)Cc1ccccc1-2. The highest BCUT2D eigenvalue weighted by atomic mass is 17.2. The lowest BCUT2D eigenvalue weighted by Gasteiger charge is -2.21. The van der Waals surface area contributed by atoms with Crippen molar-refractivity contribution in [3.63, 3.8) is 0 Å². The van der Waals surface area contributed by atoms with Crippen molar-refractivity contribution < 1.29 is 9.78 Å². The zero-order chi connectivity index (χ0) is 24.8. The Hall–Kier alpha value is -3.52. The van der Waals surface area contributed by atoms with Crippen molar-refractivity contribution >= 4 is 0 Å². The topological polar surface area (TPSA) is 18.5 Å². The molecule has 6 rings (SSSR count). The molecule has 0 saturated carbocycles. The van der Waals surface area contributed by atoms with Crippen molar-refractivity contribution in [2.75, 3.05) is 0 Å². The van der Waals surface area contributed by atoms with Gasteiger partial charge >= 0.3 is 0 Å². The molecule has 4 aromatic rings. The standard InChI is InChI=1S/C34H34O2/c1-5-21-17-29-27-15-11-9-13-23(27)19-31(29)33(25(21)7-3)35-36-34-26(8-4)22(6-2)18-30-28-16-12-10-14-24(28)20-32(30)34/h9-18H,5-8,19-20H2,1-4H3. The zero-order valence-corrected chi connectivity index (χ0v) is 21.8. The molecule has 2 aliphatic rings. The normalized spacial score (nSPS) is 12.7. The van der Waals surface area contributed by atoms with E-state index in [1.807, 2.05) is 0 Å². The summed E-state index contributed by atoms with van der Waals surface area (Å²) in [6, 6.07) is 22.3. The second kappa shape index (κ2) is 9.17. The fourth-order valence-electron chi connectivity index (χ4n) is 6.38. The molecule has 2 aliphatic carbocycles. The molecule has 0 aliphatic heterocycles. The monoisotopic (exact) mass is 474 g/mol. The van der Waals surface area contributed by atoms with E-state index in [1.165, 1.54) is 66.8 Å². The van der Waals surface area contributed by atoms with E-state index in [9.17, 15) is 0 Å². The summed E-state index contributed by atoms with van der Waals surface area (Å²) in [7, 11) is 0. The van der Waals surface area contributed by atoms with Crippen LogP contribution in [0, 0.1) is 0 Å². The van der Waals surface area contributed by atoms with E-state index in [0.717, 1.165) is 50.0 Å². The molecule has 0 spiro atoms. The number of benzene rings is 4. The van der Waals surface area contributed by atoms with E-state index in [4.69, 9.17) is 9.78 Å². The van der Waals surface area contributed by atoms with Crippen LogP contribution in [-0.2, 0) is 38.5 Å². The summed E-state index contributed by atoms with van der Waals surface area (Å²) in [5, 5.41) is 0. The Morgan fingerprint density at radius 2 is 0.944 bits per heavy atom. The number of fused-ring (bicyclic) bond motifs is 6. The third-order valence-electron chi connectivity index (χ3n) is 8.19. The van der Waals surface area contributed by atoms with Gasteiger partial charge in [-0.1, -0.05) is 88.4 Å².